The highest BCUT2D eigenvalue weighted by molar-refractivity contribution is 9.10. The molecular weight excluding hydrogens is 351 g/mol. The summed E-state index contributed by atoms with van der Waals surface area (Å²) in [6.45, 7) is 3.84. The summed E-state index contributed by atoms with van der Waals surface area (Å²) in [4.78, 5) is 11.9. The second-order valence-electron chi connectivity index (χ2n) is 4.93. The first-order chi connectivity index (χ1) is 10.4. The van der Waals surface area contributed by atoms with Gasteiger partial charge in [0.25, 0.3) is 0 Å². The molecule has 2 amide bonds. The van der Waals surface area contributed by atoms with E-state index in [0.717, 1.165) is 4.47 Å². The Labute approximate surface area is 136 Å². The maximum absolute atomic E-state index is 13.1. The minimum absolute atomic E-state index is 0.0308. The fraction of sp³-hybridized carbons (Fsp3) is 0.188. The highest BCUT2D eigenvalue weighted by Crippen LogP contribution is 2.25. The van der Waals surface area contributed by atoms with Crippen molar-refractivity contribution in [2.24, 2.45) is 0 Å². The molecule has 0 radical (unpaired) electrons. The Kier molecular flexibility index (Phi) is 5.38. The first kappa shape index (κ1) is 16.3. The van der Waals surface area contributed by atoms with Crippen LogP contribution in [0.4, 0.5) is 20.6 Å². The van der Waals surface area contributed by atoms with Crippen molar-refractivity contribution in [3.05, 3.63) is 52.8 Å². The van der Waals surface area contributed by atoms with Crippen molar-refractivity contribution in [2.45, 2.75) is 20.0 Å². The zero-order chi connectivity index (χ0) is 16.1. The summed E-state index contributed by atoms with van der Waals surface area (Å²) in [5, 5.41) is 5.25. The molecule has 0 heterocycles. The van der Waals surface area contributed by atoms with Gasteiger partial charge in [0, 0.05) is 21.9 Å². The monoisotopic (exact) mass is 366 g/mol. The minimum atomic E-state index is -0.459. The number of rotatable bonds is 4. The summed E-state index contributed by atoms with van der Waals surface area (Å²) in [5.41, 5.74) is 0.949. The third-order valence-electron chi connectivity index (χ3n) is 2.58. The molecule has 2 aromatic carbocycles. The molecule has 0 fully saturated rings. The van der Waals surface area contributed by atoms with Gasteiger partial charge >= 0.3 is 6.03 Å². The SMILES string of the molecule is CC(C)Oc1cc(Br)cc(NC(=O)Nc2cccc(F)c2)c1. The third kappa shape index (κ3) is 5.04. The van der Waals surface area contributed by atoms with Crippen molar-refractivity contribution in [3.63, 3.8) is 0 Å². The highest BCUT2D eigenvalue weighted by Gasteiger charge is 2.07. The molecule has 0 bridgehead atoms. The van der Waals surface area contributed by atoms with Gasteiger partial charge in [0.1, 0.15) is 11.6 Å². The van der Waals surface area contributed by atoms with Gasteiger partial charge in [0.2, 0.25) is 0 Å². The van der Waals surface area contributed by atoms with Crippen LogP contribution in [0.5, 0.6) is 5.75 Å². The van der Waals surface area contributed by atoms with Crippen LogP contribution in [0.15, 0.2) is 46.9 Å². The Morgan fingerprint density at radius 2 is 1.86 bits per heavy atom. The fourth-order valence-corrected chi connectivity index (χ4v) is 2.31. The topological polar surface area (TPSA) is 50.4 Å². The molecule has 2 N–H and O–H groups in total. The van der Waals surface area contributed by atoms with Gasteiger partial charge in [-0.25, -0.2) is 9.18 Å². The lowest BCUT2D eigenvalue weighted by molar-refractivity contribution is 0.242. The van der Waals surface area contributed by atoms with E-state index in [1.54, 1.807) is 18.2 Å². The quantitative estimate of drug-likeness (QED) is 0.797. The fourth-order valence-electron chi connectivity index (χ4n) is 1.83. The van der Waals surface area contributed by atoms with Crippen molar-refractivity contribution < 1.29 is 13.9 Å². The number of ether oxygens (including phenoxy) is 1. The number of nitrogens with one attached hydrogen (secondary N) is 2. The first-order valence-electron chi connectivity index (χ1n) is 6.73. The Morgan fingerprint density at radius 1 is 1.14 bits per heavy atom. The van der Waals surface area contributed by atoms with E-state index in [-0.39, 0.29) is 6.10 Å². The number of carbonyl (C=O) groups excluding carboxylic acids is 1. The number of carbonyl (C=O) groups is 1. The predicted molar refractivity (Wildman–Crippen MR) is 88.9 cm³/mol. The van der Waals surface area contributed by atoms with Crippen molar-refractivity contribution in [1.29, 1.82) is 0 Å². The average molecular weight is 367 g/mol. The van der Waals surface area contributed by atoms with E-state index in [1.807, 2.05) is 19.9 Å². The van der Waals surface area contributed by atoms with Gasteiger partial charge in [-0.05, 0) is 44.2 Å². The Hall–Kier alpha value is -2.08. The molecule has 6 heteroatoms. The number of anilines is 2. The van der Waals surface area contributed by atoms with Crippen LogP contribution < -0.4 is 15.4 Å². The third-order valence-corrected chi connectivity index (χ3v) is 3.04. The van der Waals surface area contributed by atoms with Crippen molar-refractivity contribution >= 4 is 33.3 Å². The van der Waals surface area contributed by atoms with Crippen LogP contribution in [0.25, 0.3) is 0 Å². The van der Waals surface area contributed by atoms with Gasteiger partial charge < -0.3 is 15.4 Å². The molecule has 0 atom stereocenters. The summed E-state index contributed by atoms with van der Waals surface area (Å²) in [5.74, 6) is 0.235. The van der Waals surface area contributed by atoms with Gasteiger partial charge in [-0.3, -0.25) is 0 Å². The van der Waals surface area contributed by atoms with Crippen LogP contribution in [-0.2, 0) is 0 Å². The number of hydrogen-bond acceptors (Lipinski definition) is 2. The van der Waals surface area contributed by atoms with E-state index in [0.29, 0.717) is 17.1 Å². The lowest BCUT2D eigenvalue weighted by Crippen LogP contribution is -2.19. The maximum atomic E-state index is 13.1. The predicted octanol–water partition coefficient (Wildman–Crippen LogP) is 5.02. The Balaban J connectivity index is 2.06. The summed E-state index contributed by atoms with van der Waals surface area (Å²) < 4.78 is 19.5. The van der Waals surface area contributed by atoms with Gasteiger partial charge in [-0.15, -0.1) is 0 Å². The number of hydrogen-bond donors (Lipinski definition) is 2. The Morgan fingerprint density at radius 3 is 2.55 bits per heavy atom. The van der Waals surface area contributed by atoms with Crippen molar-refractivity contribution in [3.8, 4) is 5.75 Å². The number of benzene rings is 2. The summed E-state index contributed by atoms with van der Waals surface area (Å²) in [7, 11) is 0. The summed E-state index contributed by atoms with van der Waals surface area (Å²) in [6, 6.07) is 10.5. The molecule has 0 aliphatic heterocycles. The molecule has 0 aliphatic carbocycles. The number of amides is 2. The molecule has 0 aliphatic rings. The average Bonchev–Trinajstić information content (AvgIpc) is 2.36. The lowest BCUT2D eigenvalue weighted by Gasteiger charge is -2.13. The zero-order valence-electron chi connectivity index (χ0n) is 12.2. The molecule has 2 rings (SSSR count). The van der Waals surface area contributed by atoms with Gasteiger partial charge in [-0.1, -0.05) is 22.0 Å². The number of halogens is 2. The molecule has 0 saturated heterocycles. The molecule has 0 saturated carbocycles. The van der Waals surface area contributed by atoms with Crippen molar-refractivity contribution in [1.82, 2.24) is 0 Å². The first-order valence-corrected chi connectivity index (χ1v) is 7.52. The molecular formula is C16H16BrFN2O2. The largest absolute Gasteiger partial charge is 0.491 e. The maximum Gasteiger partial charge on any atom is 0.323 e. The standard InChI is InChI=1S/C16H16BrFN2O2/c1-10(2)22-15-7-11(17)6-14(9-15)20-16(21)19-13-5-3-4-12(18)8-13/h3-10H,1-2H3,(H2,19,20,21). The van der Waals surface area contributed by atoms with Crippen molar-refractivity contribution in [2.75, 3.05) is 10.6 Å². The Bertz CT molecular complexity index is 677. The van der Waals surface area contributed by atoms with Crippen LogP contribution in [0.2, 0.25) is 0 Å². The van der Waals surface area contributed by atoms with E-state index in [4.69, 9.17) is 4.74 Å². The van der Waals surface area contributed by atoms with E-state index < -0.39 is 11.8 Å². The molecule has 0 unspecified atom stereocenters. The molecule has 22 heavy (non-hydrogen) atoms. The number of urea groups is 1. The van der Waals surface area contributed by atoms with Crippen LogP contribution >= 0.6 is 15.9 Å². The van der Waals surface area contributed by atoms with E-state index in [9.17, 15) is 9.18 Å². The minimum Gasteiger partial charge on any atom is -0.491 e. The second kappa shape index (κ2) is 7.26. The van der Waals surface area contributed by atoms with Gasteiger partial charge in [0.05, 0.1) is 6.10 Å². The molecule has 2 aromatic rings. The summed E-state index contributed by atoms with van der Waals surface area (Å²) in [6.07, 6.45) is 0.0308. The van der Waals surface area contributed by atoms with Crippen LogP contribution in [0, 0.1) is 5.82 Å². The summed E-state index contributed by atoms with van der Waals surface area (Å²) >= 11 is 3.37. The van der Waals surface area contributed by atoms with Crippen LogP contribution in [0.3, 0.4) is 0 Å². The van der Waals surface area contributed by atoms with Crippen LogP contribution in [-0.4, -0.2) is 12.1 Å². The van der Waals surface area contributed by atoms with E-state index in [2.05, 4.69) is 26.6 Å². The lowest BCUT2D eigenvalue weighted by atomic mass is 10.3. The zero-order valence-corrected chi connectivity index (χ0v) is 13.8. The molecule has 116 valence electrons. The van der Waals surface area contributed by atoms with Gasteiger partial charge in [-0.2, -0.15) is 0 Å². The van der Waals surface area contributed by atoms with E-state index >= 15 is 0 Å². The molecule has 0 aromatic heterocycles. The normalized spacial score (nSPS) is 10.4. The highest BCUT2D eigenvalue weighted by atomic mass is 79.9. The second-order valence-corrected chi connectivity index (χ2v) is 5.85. The van der Waals surface area contributed by atoms with Crippen LogP contribution in [0.1, 0.15) is 13.8 Å². The van der Waals surface area contributed by atoms with E-state index in [1.165, 1.54) is 18.2 Å². The molecule has 4 nitrogen and oxygen atoms in total. The smallest absolute Gasteiger partial charge is 0.323 e. The van der Waals surface area contributed by atoms with Gasteiger partial charge in [0.15, 0.2) is 0 Å². The molecule has 0 spiro atoms.